The average molecular weight is 301 g/mol. The Labute approximate surface area is 128 Å². The van der Waals surface area contributed by atoms with Crippen LogP contribution in [0.5, 0.6) is 0 Å². The maximum Gasteiger partial charge on any atom is 0.138 e. The molecule has 0 saturated heterocycles. The maximum absolute atomic E-state index is 4.45. The highest BCUT2D eigenvalue weighted by Gasteiger charge is 2.13. The summed E-state index contributed by atoms with van der Waals surface area (Å²) in [6.45, 7) is 9.11. The Bertz CT molecular complexity index is 815. The van der Waals surface area contributed by atoms with Gasteiger partial charge in [-0.3, -0.25) is 4.68 Å². The summed E-state index contributed by atoms with van der Waals surface area (Å²) in [4.78, 5) is 11.1. The molecule has 0 unspecified atom stereocenters. The number of hydrogen-bond acceptors (Lipinski definition) is 5. The Morgan fingerprint density at radius 1 is 1.19 bits per heavy atom. The van der Waals surface area contributed by atoms with E-state index in [1.165, 1.54) is 21.7 Å². The number of thiophene rings is 1. The molecule has 0 fully saturated rings. The van der Waals surface area contributed by atoms with Crippen LogP contribution in [0.2, 0.25) is 0 Å². The molecule has 0 atom stereocenters. The molecule has 0 radical (unpaired) electrons. The monoisotopic (exact) mass is 301 g/mol. The Balaban J connectivity index is 1.95. The topological polar surface area (TPSA) is 55.6 Å². The van der Waals surface area contributed by atoms with Gasteiger partial charge >= 0.3 is 0 Å². The van der Waals surface area contributed by atoms with Crippen molar-refractivity contribution in [1.29, 1.82) is 0 Å². The van der Waals surface area contributed by atoms with E-state index in [4.69, 9.17) is 0 Å². The third-order valence-corrected chi connectivity index (χ3v) is 5.17. The fourth-order valence-corrected chi connectivity index (χ4v) is 3.56. The first-order chi connectivity index (χ1) is 9.99. The molecule has 5 nitrogen and oxygen atoms in total. The van der Waals surface area contributed by atoms with Crippen molar-refractivity contribution in [3.63, 3.8) is 0 Å². The molecule has 3 rings (SSSR count). The van der Waals surface area contributed by atoms with Gasteiger partial charge in [0.25, 0.3) is 0 Å². The van der Waals surface area contributed by atoms with Crippen LogP contribution >= 0.6 is 11.3 Å². The summed E-state index contributed by atoms with van der Waals surface area (Å²) in [7, 11) is 1.97. The van der Waals surface area contributed by atoms with Gasteiger partial charge in [0, 0.05) is 29.7 Å². The SMILES string of the molecule is Cc1nn(C)c(C)c1CNc1ncnc2sc(C)c(C)c12. The highest BCUT2D eigenvalue weighted by molar-refractivity contribution is 7.18. The van der Waals surface area contributed by atoms with E-state index in [9.17, 15) is 0 Å². The van der Waals surface area contributed by atoms with Gasteiger partial charge in [-0.25, -0.2) is 9.97 Å². The number of hydrogen-bond donors (Lipinski definition) is 1. The molecular weight excluding hydrogens is 282 g/mol. The molecule has 0 spiro atoms. The molecule has 3 aromatic rings. The van der Waals surface area contributed by atoms with Gasteiger partial charge in [-0.2, -0.15) is 5.10 Å². The minimum absolute atomic E-state index is 0.728. The second-order valence-electron chi connectivity index (χ2n) is 5.31. The quantitative estimate of drug-likeness (QED) is 0.806. The zero-order valence-electron chi connectivity index (χ0n) is 13.0. The molecule has 0 bridgehead atoms. The van der Waals surface area contributed by atoms with Gasteiger partial charge in [-0.05, 0) is 33.3 Å². The maximum atomic E-state index is 4.45. The van der Waals surface area contributed by atoms with Crippen LogP contribution in [0, 0.1) is 27.7 Å². The van der Waals surface area contributed by atoms with E-state index in [1.807, 2.05) is 18.7 Å². The van der Waals surface area contributed by atoms with Crippen molar-refractivity contribution in [2.75, 3.05) is 5.32 Å². The van der Waals surface area contributed by atoms with Gasteiger partial charge in [0.15, 0.2) is 0 Å². The fourth-order valence-electron chi connectivity index (χ4n) is 2.56. The van der Waals surface area contributed by atoms with Crippen molar-refractivity contribution in [2.24, 2.45) is 7.05 Å². The molecule has 110 valence electrons. The van der Waals surface area contributed by atoms with Gasteiger partial charge in [0.05, 0.1) is 11.1 Å². The second kappa shape index (κ2) is 5.11. The van der Waals surface area contributed by atoms with Crippen molar-refractivity contribution in [1.82, 2.24) is 19.7 Å². The highest BCUT2D eigenvalue weighted by Crippen LogP contribution is 2.32. The summed E-state index contributed by atoms with van der Waals surface area (Å²) in [5, 5.41) is 9.05. The fraction of sp³-hybridized carbons (Fsp3) is 0.400. The molecule has 0 saturated carbocycles. The molecule has 3 aromatic heterocycles. The molecule has 0 amide bonds. The Morgan fingerprint density at radius 3 is 2.62 bits per heavy atom. The van der Waals surface area contributed by atoms with Gasteiger partial charge in [-0.1, -0.05) is 0 Å². The van der Waals surface area contributed by atoms with Gasteiger partial charge in [0.1, 0.15) is 17.0 Å². The molecule has 0 aliphatic carbocycles. The second-order valence-corrected chi connectivity index (χ2v) is 6.52. The first-order valence-corrected chi connectivity index (χ1v) is 7.74. The van der Waals surface area contributed by atoms with Gasteiger partial charge in [-0.15, -0.1) is 11.3 Å². The van der Waals surface area contributed by atoms with E-state index in [2.05, 4.69) is 41.2 Å². The molecule has 3 heterocycles. The predicted octanol–water partition coefficient (Wildman–Crippen LogP) is 3.27. The number of aromatic nitrogens is 4. The van der Waals surface area contributed by atoms with E-state index < -0.39 is 0 Å². The summed E-state index contributed by atoms with van der Waals surface area (Å²) < 4.78 is 1.92. The van der Waals surface area contributed by atoms with Gasteiger partial charge in [0.2, 0.25) is 0 Å². The zero-order chi connectivity index (χ0) is 15.1. The molecule has 6 heteroatoms. The molecule has 21 heavy (non-hydrogen) atoms. The lowest BCUT2D eigenvalue weighted by molar-refractivity contribution is 0.730. The number of nitrogens with zero attached hydrogens (tertiary/aromatic N) is 4. The standard InChI is InChI=1S/C15H19N5S/c1-8-11(4)21-15-13(8)14(17-7-18-15)16-6-12-9(2)19-20(5)10(12)3/h7H,6H2,1-5H3,(H,16,17,18). The summed E-state index contributed by atoms with van der Waals surface area (Å²) in [5.74, 6) is 0.907. The van der Waals surface area contributed by atoms with Crippen molar-refractivity contribution in [3.05, 3.63) is 33.7 Å². The molecule has 0 aliphatic rings. The minimum Gasteiger partial charge on any atom is -0.365 e. The Morgan fingerprint density at radius 2 is 1.95 bits per heavy atom. The predicted molar refractivity (Wildman–Crippen MR) is 86.9 cm³/mol. The van der Waals surface area contributed by atoms with Crippen LogP contribution < -0.4 is 5.32 Å². The van der Waals surface area contributed by atoms with Gasteiger partial charge < -0.3 is 5.32 Å². The first kappa shape index (κ1) is 14.0. The van der Waals surface area contributed by atoms with Crippen LogP contribution in [0.15, 0.2) is 6.33 Å². The Hall–Kier alpha value is -1.95. The van der Waals surface area contributed by atoms with E-state index in [0.29, 0.717) is 0 Å². The third-order valence-electron chi connectivity index (χ3n) is 4.06. The van der Waals surface area contributed by atoms with Crippen molar-refractivity contribution in [2.45, 2.75) is 34.2 Å². The summed E-state index contributed by atoms with van der Waals surface area (Å²) in [6.07, 6.45) is 1.63. The molecule has 0 aliphatic heterocycles. The normalized spacial score (nSPS) is 11.3. The number of anilines is 1. The van der Waals surface area contributed by atoms with Crippen molar-refractivity contribution in [3.8, 4) is 0 Å². The van der Waals surface area contributed by atoms with E-state index in [1.54, 1.807) is 17.7 Å². The minimum atomic E-state index is 0.728. The average Bonchev–Trinajstić information content (AvgIpc) is 2.86. The molecule has 1 N–H and O–H groups in total. The van der Waals surface area contributed by atoms with E-state index in [0.717, 1.165) is 28.3 Å². The molecular formula is C15H19N5S. The number of nitrogens with one attached hydrogen (secondary N) is 1. The van der Waals surface area contributed by atoms with Crippen LogP contribution in [0.4, 0.5) is 5.82 Å². The summed E-state index contributed by atoms with van der Waals surface area (Å²) in [5.41, 5.74) is 4.74. The van der Waals surface area contributed by atoms with Crippen molar-refractivity contribution >= 4 is 27.4 Å². The summed E-state index contributed by atoms with van der Waals surface area (Å²) >= 11 is 1.72. The van der Waals surface area contributed by atoms with E-state index in [-0.39, 0.29) is 0 Å². The lowest BCUT2D eigenvalue weighted by atomic mass is 10.2. The number of rotatable bonds is 3. The largest absolute Gasteiger partial charge is 0.365 e. The Kier molecular flexibility index (Phi) is 3.41. The number of aryl methyl sites for hydroxylation is 4. The van der Waals surface area contributed by atoms with Crippen LogP contribution in [0.1, 0.15) is 27.4 Å². The van der Waals surface area contributed by atoms with Crippen LogP contribution in [0.25, 0.3) is 10.2 Å². The van der Waals surface area contributed by atoms with Crippen LogP contribution in [-0.2, 0) is 13.6 Å². The lowest BCUT2D eigenvalue weighted by Crippen LogP contribution is -2.04. The third kappa shape index (κ3) is 2.29. The first-order valence-electron chi connectivity index (χ1n) is 6.92. The lowest BCUT2D eigenvalue weighted by Gasteiger charge is -2.08. The van der Waals surface area contributed by atoms with Crippen LogP contribution in [0.3, 0.4) is 0 Å². The number of fused-ring (bicyclic) bond motifs is 1. The molecule has 0 aromatic carbocycles. The van der Waals surface area contributed by atoms with Crippen molar-refractivity contribution < 1.29 is 0 Å². The van der Waals surface area contributed by atoms with E-state index >= 15 is 0 Å². The summed E-state index contributed by atoms with van der Waals surface area (Å²) in [6, 6.07) is 0. The van der Waals surface area contributed by atoms with Crippen LogP contribution in [-0.4, -0.2) is 19.7 Å². The highest BCUT2D eigenvalue weighted by atomic mass is 32.1. The zero-order valence-corrected chi connectivity index (χ0v) is 13.8. The smallest absolute Gasteiger partial charge is 0.138 e.